The summed E-state index contributed by atoms with van der Waals surface area (Å²) >= 11 is 5.98. The van der Waals surface area contributed by atoms with Crippen LogP contribution in [0.2, 0.25) is 5.02 Å². The van der Waals surface area contributed by atoms with E-state index in [1.165, 1.54) is 0 Å². The molecule has 0 unspecified atom stereocenters. The largest absolute Gasteiger partial charge is 0.359 e. The summed E-state index contributed by atoms with van der Waals surface area (Å²) in [6.45, 7) is 0.548. The lowest BCUT2D eigenvalue weighted by atomic mass is 9.74. The van der Waals surface area contributed by atoms with Gasteiger partial charge >= 0.3 is 0 Å². The number of carbonyl (C=O) groups excluding carboxylic acids is 3. The van der Waals surface area contributed by atoms with Crippen LogP contribution in [0.4, 0.5) is 5.69 Å². The van der Waals surface area contributed by atoms with E-state index in [0.717, 1.165) is 11.1 Å². The lowest BCUT2D eigenvalue weighted by molar-refractivity contribution is -0.141. The molecule has 192 valence electrons. The maximum Gasteiger partial charge on any atom is 0.246 e. The Bertz CT molecular complexity index is 1400. The highest BCUT2D eigenvalue weighted by molar-refractivity contribution is 6.30. The maximum atomic E-state index is 14.0. The number of halogens is 1. The van der Waals surface area contributed by atoms with Gasteiger partial charge in [-0.25, -0.2) is 0 Å². The van der Waals surface area contributed by atoms with Crippen molar-refractivity contribution in [3.63, 3.8) is 0 Å². The fraction of sp³-hybridized carbons (Fsp3) is 0.233. The summed E-state index contributed by atoms with van der Waals surface area (Å²) in [6, 6.07) is 25.0. The fourth-order valence-electron chi connectivity index (χ4n) is 5.86. The van der Waals surface area contributed by atoms with E-state index >= 15 is 0 Å². The SMILES string of the molecule is O=C(Nc1ccc(Cl)cc1)[C@@H]1[C@@H]2C=C[C@]3(O2)[C@H](C(=O)NCc2ccccc2)N(Cc2ccccc2)C(=O)[C@@H]13. The highest BCUT2D eigenvalue weighted by Gasteiger charge is 2.72. The zero-order chi connectivity index (χ0) is 26.3. The third-order valence-electron chi connectivity index (χ3n) is 7.54. The number of fused-ring (bicyclic) bond motifs is 1. The quantitative estimate of drug-likeness (QED) is 0.456. The van der Waals surface area contributed by atoms with Gasteiger partial charge in [-0.1, -0.05) is 84.4 Å². The number of nitrogens with zero attached hydrogens (tertiary/aromatic N) is 1. The number of likely N-dealkylation sites (tertiary alicyclic amines) is 1. The predicted octanol–water partition coefficient (Wildman–Crippen LogP) is 3.95. The molecule has 3 heterocycles. The number of hydrogen-bond acceptors (Lipinski definition) is 4. The lowest BCUT2D eigenvalue weighted by Gasteiger charge is -2.32. The molecule has 6 rings (SSSR count). The molecule has 3 aliphatic rings. The van der Waals surface area contributed by atoms with E-state index in [0.29, 0.717) is 17.3 Å². The van der Waals surface area contributed by atoms with Crippen molar-refractivity contribution in [1.29, 1.82) is 0 Å². The molecule has 3 aromatic rings. The minimum atomic E-state index is -1.22. The van der Waals surface area contributed by atoms with Crippen LogP contribution in [-0.4, -0.2) is 40.4 Å². The normalized spacial score (nSPS) is 26.9. The number of hydrogen-bond donors (Lipinski definition) is 2. The van der Waals surface area contributed by atoms with Crippen molar-refractivity contribution in [1.82, 2.24) is 10.2 Å². The van der Waals surface area contributed by atoms with Crippen molar-refractivity contribution in [3.8, 4) is 0 Å². The Morgan fingerprint density at radius 2 is 1.55 bits per heavy atom. The average Bonchev–Trinajstić information content (AvgIpc) is 3.57. The molecule has 0 saturated carbocycles. The van der Waals surface area contributed by atoms with E-state index in [-0.39, 0.29) is 24.3 Å². The molecule has 3 amide bonds. The summed E-state index contributed by atoms with van der Waals surface area (Å²) < 4.78 is 6.38. The number of carbonyl (C=O) groups is 3. The molecule has 2 fully saturated rings. The van der Waals surface area contributed by atoms with E-state index in [1.54, 1.807) is 35.2 Å². The molecule has 2 bridgehead atoms. The van der Waals surface area contributed by atoms with Crippen molar-refractivity contribution >= 4 is 35.0 Å². The molecule has 8 heteroatoms. The second-order valence-corrected chi connectivity index (χ2v) is 10.3. The van der Waals surface area contributed by atoms with Crippen LogP contribution in [0, 0.1) is 11.8 Å². The third-order valence-corrected chi connectivity index (χ3v) is 7.79. The monoisotopic (exact) mass is 527 g/mol. The minimum Gasteiger partial charge on any atom is -0.359 e. The Kier molecular flexibility index (Phi) is 6.26. The molecule has 0 aromatic heterocycles. The van der Waals surface area contributed by atoms with Crippen LogP contribution >= 0.6 is 11.6 Å². The first-order chi connectivity index (χ1) is 18.5. The van der Waals surface area contributed by atoms with E-state index < -0.39 is 29.6 Å². The Hall–Kier alpha value is -3.94. The van der Waals surface area contributed by atoms with Gasteiger partial charge in [0.15, 0.2) is 0 Å². The van der Waals surface area contributed by atoms with E-state index in [9.17, 15) is 14.4 Å². The number of rotatable bonds is 7. The molecule has 3 aliphatic heterocycles. The van der Waals surface area contributed by atoms with E-state index in [4.69, 9.17) is 16.3 Å². The molecule has 38 heavy (non-hydrogen) atoms. The smallest absolute Gasteiger partial charge is 0.246 e. The van der Waals surface area contributed by atoms with Crippen LogP contribution < -0.4 is 10.6 Å². The van der Waals surface area contributed by atoms with Crippen LogP contribution in [0.1, 0.15) is 11.1 Å². The number of ether oxygens (including phenoxy) is 1. The van der Waals surface area contributed by atoms with Gasteiger partial charge in [0.1, 0.15) is 11.6 Å². The highest BCUT2D eigenvalue weighted by Crippen LogP contribution is 2.55. The molecule has 5 atom stereocenters. The standard InChI is InChI=1S/C30H26ClN3O4/c31-21-11-13-22(14-12-21)33-27(35)24-23-15-16-30(38-23)25(24)29(37)34(18-20-9-5-2-6-10-20)26(30)28(36)32-17-19-7-3-1-4-8-19/h1-16,23-26H,17-18H2,(H,32,36)(H,33,35)/t23-,24+,25+,26-,30+/m0/s1. The highest BCUT2D eigenvalue weighted by atomic mass is 35.5. The van der Waals surface area contributed by atoms with Gasteiger partial charge in [-0.2, -0.15) is 0 Å². The van der Waals surface area contributed by atoms with Crippen LogP contribution in [-0.2, 0) is 32.2 Å². The van der Waals surface area contributed by atoms with Crippen LogP contribution in [0.15, 0.2) is 97.1 Å². The first-order valence-corrected chi connectivity index (χ1v) is 12.9. The first-order valence-electron chi connectivity index (χ1n) is 12.6. The second kappa shape index (κ2) is 9.74. The van der Waals surface area contributed by atoms with Gasteiger partial charge in [0.05, 0.1) is 17.9 Å². The number of benzene rings is 3. The zero-order valence-electron chi connectivity index (χ0n) is 20.4. The summed E-state index contributed by atoms with van der Waals surface area (Å²) in [5.41, 5.74) is 1.18. The molecule has 3 aromatic carbocycles. The van der Waals surface area contributed by atoms with Crippen molar-refractivity contribution in [3.05, 3.63) is 113 Å². The van der Waals surface area contributed by atoms with Crippen LogP contribution in [0.3, 0.4) is 0 Å². The molecule has 2 saturated heterocycles. The minimum absolute atomic E-state index is 0.231. The third kappa shape index (κ3) is 4.18. The summed E-state index contributed by atoms with van der Waals surface area (Å²) in [5, 5.41) is 6.45. The van der Waals surface area contributed by atoms with Crippen LogP contribution in [0.25, 0.3) is 0 Å². The van der Waals surface area contributed by atoms with Gasteiger partial charge < -0.3 is 20.3 Å². The molecular weight excluding hydrogens is 502 g/mol. The van der Waals surface area contributed by atoms with Gasteiger partial charge in [-0.05, 0) is 35.4 Å². The number of anilines is 1. The summed E-state index contributed by atoms with van der Waals surface area (Å²) in [4.78, 5) is 42.8. The molecule has 0 aliphatic carbocycles. The Labute approximate surface area is 225 Å². The Morgan fingerprint density at radius 1 is 0.895 bits per heavy atom. The maximum absolute atomic E-state index is 14.0. The van der Waals surface area contributed by atoms with Gasteiger partial charge in [0, 0.05) is 23.8 Å². The number of nitrogens with one attached hydrogen (secondary N) is 2. The second-order valence-electron chi connectivity index (χ2n) is 9.85. The first kappa shape index (κ1) is 24.4. The molecule has 1 spiro atoms. The van der Waals surface area contributed by atoms with E-state index in [1.807, 2.05) is 66.7 Å². The zero-order valence-corrected chi connectivity index (χ0v) is 21.2. The molecule has 7 nitrogen and oxygen atoms in total. The van der Waals surface area contributed by atoms with Crippen molar-refractivity contribution in [2.75, 3.05) is 5.32 Å². The lowest BCUT2D eigenvalue weighted by Crippen LogP contribution is -2.54. The molecule has 0 radical (unpaired) electrons. The fourth-order valence-corrected chi connectivity index (χ4v) is 5.98. The van der Waals surface area contributed by atoms with Gasteiger partial charge in [-0.3, -0.25) is 14.4 Å². The Balaban J connectivity index is 1.31. The molecule has 2 N–H and O–H groups in total. The predicted molar refractivity (Wildman–Crippen MR) is 143 cm³/mol. The van der Waals surface area contributed by atoms with Gasteiger partial charge in [-0.15, -0.1) is 0 Å². The van der Waals surface area contributed by atoms with Crippen molar-refractivity contribution in [2.45, 2.75) is 30.8 Å². The van der Waals surface area contributed by atoms with Crippen molar-refractivity contribution in [2.24, 2.45) is 11.8 Å². The van der Waals surface area contributed by atoms with Gasteiger partial charge in [0.2, 0.25) is 17.7 Å². The van der Waals surface area contributed by atoms with Crippen LogP contribution in [0.5, 0.6) is 0 Å². The average molecular weight is 528 g/mol. The summed E-state index contributed by atoms with van der Waals surface area (Å²) in [6.07, 6.45) is 3.02. The topological polar surface area (TPSA) is 87.7 Å². The van der Waals surface area contributed by atoms with Crippen molar-refractivity contribution < 1.29 is 19.1 Å². The summed E-state index contributed by atoms with van der Waals surface area (Å²) in [7, 11) is 0. The summed E-state index contributed by atoms with van der Waals surface area (Å²) in [5.74, 6) is -2.50. The Morgan fingerprint density at radius 3 is 2.24 bits per heavy atom. The number of amides is 3. The van der Waals surface area contributed by atoms with E-state index in [2.05, 4.69) is 10.6 Å². The van der Waals surface area contributed by atoms with Gasteiger partial charge in [0.25, 0.3) is 0 Å². The molecular formula is C30H26ClN3O4.